The number of nitrogens with zero attached hydrogens (tertiary/aromatic N) is 1. The summed E-state index contributed by atoms with van der Waals surface area (Å²) in [5.41, 5.74) is 3.72. The van der Waals surface area contributed by atoms with E-state index in [2.05, 4.69) is 43.2 Å². The van der Waals surface area contributed by atoms with Crippen molar-refractivity contribution >= 4 is 22.9 Å². The molecule has 1 nitrogen and oxygen atoms in total. The van der Waals surface area contributed by atoms with Gasteiger partial charge in [0.1, 0.15) is 0 Å². The van der Waals surface area contributed by atoms with Crippen molar-refractivity contribution in [1.82, 2.24) is 4.90 Å². The number of fused-ring (bicyclic) bond motifs is 1. The largest absolute Gasteiger partial charge is 0.367 e. The van der Waals surface area contributed by atoms with Gasteiger partial charge in [-0.25, -0.2) is 0 Å². The number of rotatable bonds is 2. The second-order valence-corrected chi connectivity index (χ2v) is 6.79. The molecule has 0 fully saturated rings. The molecule has 0 unspecified atom stereocenters. The van der Waals surface area contributed by atoms with Gasteiger partial charge in [-0.3, -0.25) is 0 Å². The monoisotopic (exact) mass is 317 g/mol. The molecule has 0 saturated heterocycles. The van der Waals surface area contributed by atoms with E-state index in [9.17, 15) is 0 Å². The Kier molecular flexibility index (Phi) is 5.66. The molecule has 3 heteroatoms. The normalized spacial score (nSPS) is 13.0. The predicted octanol–water partition coefficient (Wildman–Crippen LogP) is 5.45. The van der Waals surface area contributed by atoms with Crippen LogP contribution in [0.1, 0.15) is 16.0 Å². The maximum absolute atomic E-state index is 5.97. The van der Waals surface area contributed by atoms with Crippen molar-refractivity contribution < 1.29 is 0 Å². The van der Waals surface area contributed by atoms with E-state index in [4.69, 9.17) is 11.6 Å². The molecule has 1 aliphatic rings. The molecule has 0 spiro atoms. The number of hydrogen-bond acceptors (Lipinski definition) is 2. The number of thiophene rings is 1. The third-order valence-electron chi connectivity index (χ3n) is 3.43. The lowest BCUT2D eigenvalue weighted by molar-refractivity contribution is 0.338. The molecule has 0 bridgehead atoms. The van der Waals surface area contributed by atoms with E-state index in [1.165, 1.54) is 16.0 Å². The third kappa shape index (κ3) is 4.48. The summed E-state index contributed by atoms with van der Waals surface area (Å²) in [6.07, 6.45) is 2.87. The molecule has 1 aliphatic heterocycles. The van der Waals surface area contributed by atoms with Gasteiger partial charge in [-0.2, -0.15) is 0 Å². The Labute approximate surface area is 136 Å². The first-order valence-electron chi connectivity index (χ1n) is 6.95. The highest BCUT2D eigenvalue weighted by atomic mass is 35.5. The average Bonchev–Trinajstić information content (AvgIpc) is 2.87. The van der Waals surface area contributed by atoms with Crippen LogP contribution >= 0.6 is 22.9 Å². The van der Waals surface area contributed by atoms with Gasteiger partial charge in [-0.05, 0) is 31.1 Å². The molecule has 2 heterocycles. The third-order valence-corrected chi connectivity index (χ3v) is 4.73. The number of benzene rings is 1. The van der Waals surface area contributed by atoms with E-state index in [-0.39, 0.29) is 0 Å². The van der Waals surface area contributed by atoms with Gasteiger partial charge in [0.15, 0.2) is 0 Å². The minimum atomic E-state index is 0.890. The van der Waals surface area contributed by atoms with E-state index >= 15 is 0 Å². The molecule has 0 N–H and O–H groups in total. The van der Waals surface area contributed by atoms with E-state index < -0.39 is 0 Å². The van der Waals surface area contributed by atoms with Gasteiger partial charge in [-0.1, -0.05) is 60.7 Å². The molecule has 1 aromatic heterocycles. The van der Waals surface area contributed by atoms with Crippen molar-refractivity contribution in [2.45, 2.75) is 19.9 Å². The Morgan fingerprint density at radius 2 is 2.05 bits per heavy atom. The van der Waals surface area contributed by atoms with Crippen LogP contribution in [-0.2, 0) is 13.0 Å². The fourth-order valence-corrected chi connectivity index (χ4v) is 3.55. The molecular weight excluding hydrogens is 298 g/mol. The van der Waals surface area contributed by atoms with Gasteiger partial charge in [0, 0.05) is 17.1 Å². The topological polar surface area (TPSA) is 3.24 Å². The van der Waals surface area contributed by atoms with Crippen molar-refractivity contribution in [2.24, 2.45) is 0 Å². The smallest absolute Gasteiger partial charge is 0.0934 e. The molecule has 1 aromatic carbocycles. The highest BCUT2D eigenvalue weighted by molar-refractivity contribution is 7.16. The van der Waals surface area contributed by atoms with Crippen molar-refractivity contribution in [1.29, 1.82) is 0 Å². The quantitative estimate of drug-likeness (QED) is 0.665. The fraction of sp³-hybridized carbons (Fsp3) is 0.222. The standard InChI is InChI=1S/C11H12ClNS.C7H8/c1-3-8(2)13-5-4-9-6-11(12)14-10(9)7-13;1-7-5-3-2-4-6-7/h3,6H,1-2,4-5,7H2;2-6H,1H3. The Balaban J connectivity index is 0.000000194. The zero-order chi connectivity index (χ0) is 15.2. The van der Waals surface area contributed by atoms with E-state index in [1.807, 2.05) is 18.2 Å². The molecule has 21 heavy (non-hydrogen) atoms. The Morgan fingerprint density at radius 1 is 1.33 bits per heavy atom. The van der Waals surface area contributed by atoms with E-state index in [0.717, 1.165) is 29.5 Å². The van der Waals surface area contributed by atoms with Crippen LogP contribution < -0.4 is 0 Å². The minimum Gasteiger partial charge on any atom is -0.367 e. The summed E-state index contributed by atoms with van der Waals surface area (Å²) >= 11 is 7.64. The van der Waals surface area contributed by atoms with Gasteiger partial charge < -0.3 is 4.90 Å². The van der Waals surface area contributed by atoms with Crippen LogP contribution in [-0.4, -0.2) is 11.4 Å². The molecule has 0 saturated carbocycles. The molecule has 0 aliphatic carbocycles. The van der Waals surface area contributed by atoms with Gasteiger partial charge in [-0.15, -0.1) is 11.3 Å². The summed E-state index contributed by atoms with van der Waals surface area (Å²) in [6, 6.07) is 12.3. The second-order valence-electron chi connectivity index (χ2n) is 5.02. The summed E-state index contributed by atoms with van der Waals surface area (Å²) in [6.45, 7) is 11.7. The van der Waals surface area contributed by atoms with Gasteiger partial charge in [0.2, 0.25) is 0 Å². The van der Waals surface area contributed by atoms with Crippen LogP contribution in [0.25, 0.3) is 0 Å². The Bertz CT molecular complexity index is 615. The van der Waals surface area contributed by atoms with Gasteiger partial charge in [0.25, 0.3) is 0 Å². The number of hydrogen-bond donors (Lipinski definition) is 0. The van der Waals surface area contributed by atoms with Crippen LogP contribution in [0.15, 0.2) is 61.3 Å². The lowest BCUT2D eigenvalue weighted by Gasteiger charge is -2.28. The number of allylic oxidation sites excluding steroid dienone is 1. The summed E-state index contributed by atoms with van der Waals surface area (Å²) < 4.78 is 0.890. The number of aryl methyl sites for hydroxylation is 1. The molecule has 3 rings (SSSR count). The van der Waals surface area contributed by atoms with E-state index in [0.29, 0.717) is 0 Å². The first kappa shape index (κ1) is 15.9. The summed E-state index contributed by atoms with van der Waals surface area (Å²) in [5.74, 6) is 0. The first-order chi connectivity index (χ1) is 10.1. The molecule has 0 amide bonds. The lowest BCUT2D eigenvalue weighted by atomic mass is 10.1. The van der Waals surface area contributed by atoms with E-state index in [1.54, 1.807) is 17.4 Å². The maximum atomic E-state index is 5.97. The first-order valence-corrected chi connectivity index (χ1v) is 8.14. The zero-order valence-corrected chi connectivity index (χ0v) is 13.9. The van der Waals surface area contributed by atoms with Crippen LogP contribution in [0.5, 0.6) is 0 Å². The van der Waals surface area contributed by atoms with Crippen molar-refractivity contribution in [3.8, 4) is 0 Å². The van der Waals surface area contributed by atoms with Crippen molar-refractivity contribution in [2.75, 3.05) is 6.54 Å². The van der Waals surface area contributed by atoms with Crippen molar-refractivity contribution in [3.63, 3.8) is 0 Å². The minimum absolute atomic E-state index is 0.890. The van der Waals surface area contributed by atoms with Crippen LogP contribution in [0.3, 0.4) is 0 Å². The molecule has 2 aromatic rings. The van der Waals surface area contributed by atoms with Gasteiger partial charge in [0.05, 0.1) is 10.9 Å². The Morgan fingerprint density at radius 3 is 2.62 bits per heavy atom. The highest BCUT2D eigenvalue weighted by Gasteiger charge is 2.18. The van der Waals surface area contributed by atoms with Crippen LogP contribution in [0, 0.1) is 6.92 Å². The van der Waals surface area contributed by atoms with Crippen molar-refractivity contribution in [3.05, 3.63) is 81.7 Å². The predicted molar refractivity (Wildman–Crippen MR) is 94.0 cm³/mol. The van der Waals surface area contributed by atoms with Crippen LogP contribution in [0.2, 0.25) is 4.34 Å². The summed E-state index contributed by atoms with van der Waals surface area (Å²) in [7, 11) is 0. The summed E-state index contributed by atoms with van der Waals surface area (Å²) in [5, 5.41) is 0. The van der Waals surface area contributed by atoms with Gasteiger partial charge >= 0.3 is 0 Å². The SMILES string of the molecule is C=CC(=C)N1CCc2cc(Cl)sc2C1.Cc1ccccc1. The fourth-order valence-electron chi connectivity index (χ4n) is 2.19. The zero-order valence-electron chi connectivity index (χ0n) is 12.3. The Hall–Kier alpha value is -1.51. The molecule has 0 atom stereocenters. The lowest BCUT2D eigenvalue weighted by Crippen LogP contribution is -2.27. The second kappa shape index (κ2) is 7.48. The number of halogens is 1. The summed E-state index contributed by atoms with van der Waals surface area (Å²) in [4.78, 5) is 3.60. The molecule has 0 radical (unpaired) electrons. The highest BCUT2D eigenvalue weighted by Crippen LogP contribution is 2.32. The molecular formula is C18H20ClNS. The maximum Gasteiger partial charge on any atom is 0.0934 e. The molecule has 110 valence electrons. The average molecular weight is 318 g/mol. The van der Waals surface area contributed by atoms with Crippen LogP contribution in [0.4, 0.5) is 0 Å².